The molecule has 2 aromatic rings. The van der Waals surface area contributed by atoms with E-state index >= 15 is 0 Å². The van der Waals surface area contributed by atoms with E-state index in [9.17, 15) is 4.79 Å². The molecule has 0 unspecified atom stereocenters. The van der Waals surface area contributed by atoms with Gasteiger partial charge in [0.15, 0.2) is 11.5 Å². The molecule has 1 aromatic carbocycles. The first kappa shape index (κ1) is 26.6. The summed E-state index contributed by atoms with van der Waals surface area (Å²) in [7, 11) is 1.64. The zero-order chi connectivity index (χ0) is 25.4. The fourth-order valence-electron chi connectivity index (χ4n) is 3.99. The number of nitrogens with zero attached hydrogens (tertiary/aromatic N) is 3. The van der Waals surface area contributed by atoms with E-state index in [0.717, 1.165) is 49.2 Å². The number of benzene rings is 1. The lowest BCUT2D eigenvalue weighted by Crippen LogP contribution is -2.42. The molecule has 1 aromatic heterocycles. The van der Waals surface area contributed by atoms with Gasteiger partial charge in [-0.25, -0.2) is 14.8 Å². The number of rotatable bonds is 9. The molecule has 8 heteroatoms. The van der Waals surface area contributed by atoms with Crippen molar-refractivity contribution in [3.63, 3.8) is 0 Å². The summed E-state index contributed by atoms with van der Waals surface area (Å²) in [5, 5.41) is 3.31. The molecular formula is C27H40N4O4. The fraction of sp³-hybridized carbons (Fsp3) is 0.593. The van der Waals surface area contributed by atoms with Gasteiger partial charge in [0.05, 0.1) is 13.7 Å². The number of piperidine rings is 1. The van der Waals surface area contributed by atoms with E-state index in [4.69, 9.17) is 14.2 Å². The monoisotopic (exact) mass is 484 g/mol. The van der Waals surface area contributed by atoms with Crippen LogP contribution in [0.2, 0.25) is 0 Å². The molecule has 1 fully saturated rings. The Bertz CT molecular complexity index is 982. The molecule has 1 saturated heterocycles. The van der Waals surface area contributed by atoms with Crippen LogP contribution in [-0.2, 0) is 11.2 Å². The molecule has 0 radical (unpaired) electrons. The van der Waals surface area contributed by atoms with Gasteiger partial charge in [0.25, 0.3) is 0 Å². The van der Waals surface area contributed by atoms with Gasteiger partial charge in [-0.1, -0.05) is 13.3 Å². The highest BCUT2D eigenvalue weighted by molar-refractivity contribution is 5.68. The van der Waals surface area contributed by atoms with E-state index in [0.29, 0.717) is 43.1 Å². The molecule has 192 valence electrons. The van der Waals surface area contributed by atoms with Crippen LogP contribution in [0.4, 0.5) is 16.4 Å². The molecular weight excluding hydrogens is 444 g/mol. The Balaban J connectivity index is 1.59. The van der Waals surface area contributed by atoms with E-state index in [-0.39, 0.29) is 6.09 Å². The molecule has 0 bridgehead atoms. The van der Waals surface area contributed by atoms with Crippen molar-refractivity contribution >= 4 is 17.7 Å². The fourth-order valence-corrected chi connectivity index (χ4v) is 3.99. The second-order valence-electron chi connectivity index (χ2n) is 10.1. The van der Waals surface area contributed by atoms with E-state index < -0.39 is 5.60 Å². The maximum atomic E-state index is 12.3. The van der Waals surface area contributed by atoms with E-state index in [1.165, 1.54) is 0 Å². The van der Waals surface area contributed by atoms with Crippen molar-refractivity contribution in [1.82, 2.24) is 14.9 Å². The number of ether oxygens (including phenoxy) is 3. The molecule has 3 rings (SSSR count). The summed E-state index contributed by atoms with van der Waals surface area (Å²) in [6.45, 7) is 11.7. The van der Waals surface area contributed by atoms with Gasteiger partial charge in [-0.05, 0) is 77.5 Å². The van der Waals surface area contributed by atoms with Crippen LogP contribution in [0.15, 0.2) is 24.3 Å². The average molecular weight is 485 g/mol. The first-order chi connectivity index (χ1) is 16.7. The van der Waals surface area contributed by atoms with Crippen molar-refractivity contribution in [3.05, 3.63) is 35.7 Å². The lowest BCUT2D eigenvalue weighted by Gasteiger charge is -2.33. The minimum atomic E-state index is -0.479. The number of aromatic nitrogens is 2. The summed E-state index contributed by atoms with van der Waals surface area (Å²) in [4.78, 5) is 23.3. The summed E-state index contributed by atoms with van der Waals surface area (Å²) in [5.41, 5.74) is 2.35. The predicted molar refractivity (Wildman–Crippen MR) is 138 cm³/mol. The van der Waals surface area contributed by atoms with Crippen LogP contribution in [0.25, 0.3) is 0 Å². The van der Waals surface area contributed by atoms with Crippen molar-refractivity contribution in [2.24, 2.45) is 5.92 Å². The van der Waals surface area contributed by atoms with Crippen molar-refractivity contribution in [1.29, 1.82) is 0 Å². The lowest BCUT2D eigenvalue weighted by molar-refractivity contribution is 0.0164. The second-order valence-corrected chi connectivity index (χ2v) is 10.1. The summed E-state index contributed by atoms with van der Waals surface area (Å²) in [6.07, 6.45) is 4.68. The molecule has 8 nitrogen and oxygen atoms in total. The normalized spacial score (nSPS) is 14.5. The molecule has 1 aliphatic heterocycles. The Kier molecular flexibility index (Phi) is 9.18. The van der Waals surface area contributed by atoms with Gasteiger partial charge in [-0.3, -0.25) is 0 Å². The number of hydrogen-bond donors (Lipinski definition) is 1. The SMILES string of the molecule is CCCCc1cc(C)nc(Nc2ccc(OC)c(OCC3CCN(C(=O)OC(C)(C)C)CC3)c2)n1. The van der Waals surface area contributed by atoms with E-state index in [1.54, 1.807) is 12.0 Å². The van der Waals surface area contributed by atoms with Crippen LogP contribution in [-0.4, -0.2) is 53.4 Å². The molecule has 35 heavy (non-hydrogen) atoms. The molecule has 1 aliphatic rings. The van der Waals surface area contributed by atoms with E-state index in [2.05, 4.69) is 22.2 Å². The van der Waals surface area contributed by atoms with Crippen molar-refractivity contribution in [2.45, 2.75) is 72.3 Å². The molecule has 0 saturated carbocycles. The zero-order valence-electron chi connectivity index (χ0n) is 22.0. The number of hydrogen-bond acceptors (Lipinski definition) is 7. The first-order valence-electron chi connectivity index (χ1n) is 12.6. The Morgan fingerprint density at radius 1 is 1.14 bits per heavy atom. The average Bonchev–Trinajstić information content (AvgIpc) is 2.80. The standard InChI is InChI=1S/C27H40N4O4/c1-7-8-9-21-16-19(2)28-25(29-21)30-22-10-11-23(33-6)24(17-22)34-18-20-12-14-31(15-13-20)26(32)35-27(3,4)5/h10-11,16-17,20H,7-9,12-15,18H2,1-6H3,(H,28,29,30). The number of amides is 1. The first-order valence-corrected chi connectivity index (χ1v) is 12.6. The molecule has 0 aliphatic carbocycles. The lowest BCUT2D eigenvalue weighted by atomic mass is 9.98. The van der Waals surface area contributed by atoms with Crippen LogP contribution in [0.3, 0.4) is 0 Å². The van der Waals surface area contributed by atoms with Crippen LogP contribution in [0.5, 0.6) is 11.5 Å². The summed E-state index contributed by atoms with van der Waals surface area (Å²) < 4.78 is 17.2. The maximum Gasteiger partial charge on any atom is 0.410 e. The van der Waals surface area contributed by atoms with Gasteiger partial charge in [0.2, 0.25) is 5.95 Å². The number of likely N-dealkylation sites (tertiary alicyclic amines) is 1. The Labute approximate surface area is 209 Å². The van der Waals surface area contributed by atoms with Gasteiger partial charge in [0.1, 0.15) is 5.60 Å². The minimum Gasteiger partial charge on any atom is -0.493 e. The van der Waals surface area contributed by atoms with E-state index in [1.807, 2.05) is 52.0 Å². The molecule has 1 N–H and O–H groups in total. The van der Waals surface area contributed by atoms with Crippen LogP contribution in [0, 0.1) is 12.8 Å². The number of unbranched alkanes of at least 4 members (excludes halogenated alkanes) is 1. The highest BCUT2D eigenvalue weighted by Crippen LogP contribution is 2.32. The quantitative estimate of drug-likeness (QED) is 0.474. The van der Waals surface area contributed by atoms with Gasteiger partial charge < -0.3 is 24.4 Å². The number of methoxy groups -OCH3 is 1. The second kappa shape index (κ2) is 12.1. The van der Waals surface area contributed by atoms with Crippen LogP contribution in [0.1, 0.15) is 64.8 Å². The van der Waals surface area contributed by atoms with Crippen LogP contribution < -0.4 is 14.8 Å². The Hall–Kier alpha value is -3.03. The smallest absolute Gasteiger partial charge is 0.410 e. The summed E-state index contributed by atoms with van der Waals surface area (Å²) in [5.74, 6) is 2.29. The number of carbonyl (C=O) groups excluding carboxylic acids is 1. The highest BCUT2D eigenvalue weighted by Gasteiger charge is 2.27. The third-order valence-corrected chi connectivity index (χ3v) is 5.85. The van der Waals surface area contributed by atoms with Gasteiger partial charge in [0, 0.05) is 36.2 Å². The van der Waals surface area contributed by atoms with Crippen molar-refractivity contribution < 1.29 is 19.0 Å². The highest BCUT2D eigenvalue weighted by atomic mass is 16.6. The molecule has 0 atom stereocenters. The topological polar surface area (TPSA) is 85.8 Å². The van der Waals surface area contributed by atoms with Gasteiger partial charge in [-0.15, -0.1) is 0 Å². The molecule has 1 amide bonds. The summed E-state index contributed by atoms with van der Waals surface area (Å²) in [6, 6.07) is 7.78. The number of anilines is 2. The molecule has 2 heterocycles. The Morgan fingerprint density at radius 3 is 2.54 bits per heavy atom. The largest absolute Gasteiger partial charge is 0.493 e. The third-order valence-electron chi connectivity index (χ3n) is 5.85. The van der Waals surface area contributed by atoms with Gasteiger partial charge in [-0.2, -0.15) is 0 Å². The number of carbonyl (C=O) groups is 1. The zero-order valence-corrected chi connectivity index (χ0v) is 22.0. The maximum absolute atomic E-state index is 12.3. The molecule has 0 spiro atoms. The van der Waals surface area contributed by atoms with Gasteiger partial charge >= 0.3 is 6.09 Å². The number of nitrogens with one attached hydrogen (secondary N) is 1. The predicted octanol–water partition coefficient (Wildman–Crippen LogP) is 5.91. The summed E-state index contributed by atoms with van der Waals surface area (Å²) >= 11 is 0. The number of aryl methyl sites for hydroxylation is 2. The van der Waals surface area contributed by atoms with Crippen LogP contribution >= 0.6 is 0 Å². The van der Waals surface area contributed by atoms with Crippen molar-refractivity contribution in [2.75, 3.05) is 32.1 Å². The Morgan fingerprint density at radius 2 is 1.89 bits per heavy atom. The minimum absolute atomic E-state index is 0.242. The third kappa shape index (κ3) is 8.30. The van der Waals surface area contributed by atoms with Crippen molar-refractivity contribution in [3.8, 4) is 11.5 Å².